The van der Waals surface area contributed by atoms with Crippen molar-refractivity contribution in [2.75, 3.05) is 0 Å². The Morgan fingerprint density at radius 1 is 1.15 bits per heavy atom. The molecule has 2 aromatic heterocycles. The lowest BCUT2D eigenvalue weighted by atomic mass is 10.2. The molecule has 0 fully saturated rings. The van der Waals surface area contributed by atoms with Gasteiger partial charge in [0.1, 0.15) is 0 Å². The summed E-state index contributed by atoms with van der Waals surface area (Å²) in [6.45, 7) is 8.10. The fourth-order valence-electron chi connectivity index (χ4n) is 1.24. The van der Waals surface area contributed by atoms with Gasteiger partial charge >= 0.3 is 0 Å². The number of aromatic nitrogens is 2. The van der Waals surface area contributed by atoms with E-state index in [1.165, 1.54) is 27.2 Å². The summed E-state index contributed by atoms with van der Waals surface area (Å²) in [4.78, 5) is 4.10. The molecule has 0 spiro atoms. The van der Waals surface area contributed by atoms with Gasteiger partial charge in [0, 0.05) is 17.8 Å². The van der Waals surface area contributed by atoms with E-state index >= 15 is 0 Å². The molecule has 0 aromatic carbocycles. The minimum Gasteiger partial charge on any atom is -0.263 e. The summed E-state index contributed by atoms with van der Waals surface area (Å²) in [5, 5.41) is 1.27. The second-order valence-corrected chi connectivity index (χ2v) is 3.40. The molecule has 13 heavy (non-hydrogen) atoms. The van der Waals surface area contributed by atoms with E-state index in [1.807, 2.05) is 33.2 Å². The Labute approximate surface area is 82.8 Å². The average molecular weight is 194 g/mol. The van der Waals surface area contributed by atoms with Gasteiger partial charge in [0.2, 0.25) is 0 Å². The Kier molecular flexibility index (Phi) is 3.37. The highest BCUT2D eigenvalue weighted by molar-refractivity contribution is 7.13. The highest BCUT2D eigenvalue weighted by Gasteiger charge is 2.03. The second-order valence-electron chi connectivity index (χ2n) is 2.60. The maximum atomic E-state index is 4.26. The molecule has 0 N–H and O–H groups in total. The number of rotatable bonds is 0. The molecule has 0 aliphatic rings. The number of hydrogen-bond donors (Lipinski definition) is 0. The van der Waals surface area contributed by atoms with Crippen molar-refractivity contribution in [1.29, 1.82) is 0 Å². The lowest BCUT2D eigenvalue weighted by Crippen LogP contribution is -1.78. The number of pyridine rings is 1. The van der Waals surface area contributed by atoms with Crippen LogP contribution < -0.4 is 0 Å². The van der Waals surface area contributed by atoms with E-state index in [-0.39, 0.29) is 0 Å². The molecule has 2 aromatic rings. The molecule has 0 aliphatic heterocycles. The number of nitrogens with zero attached hydrogens (tertiary/aromatic N) is 2. The summed E-state index contributed by atoms with van der Waals surface area (Å²) in [5.41, 5.74) is 2.33. The summed E-state index contributed by atoms with van der Waals surface area (Å²) in [6, 6.07) is 0. The molecule has 0 amide bonds. The van der Waals surface area contributed by atoms with Gasteiger partial charge in [0.15, 0.2) is 0 Å². The van der Waals surface area contributed by atoms with Crippen LogP contribution in [0.1, 0.15) is 25.1 Å². The molecular formula is C10H14N2S. The molecule has 2 rings (SSSR count). The molecule has 0 atom stereocenters. The lowest BCUT2D eigenvalue weighted by molar-refractivity contribution is 1.30. The van der Waals surface area contributed by atoms with Crippen LogP contribution in [0.4, 0.5) is 0 Å². The topological polar surface area (TPSA) is 25.8 Å². The van der Waals surface area contributed by atoms with Crippen molar-refractivity contribution in [2.24, 2.45) is 0 Å². The van der Waals surface area contributed by atoms with Crippen molar-refractivity contribution >= 4 is 21.6 Å². The Bertz CT molecular complexity index is 393. The largest absolute Gasteiger partial charge is 0.263 e. The van der Waals surface area contributed by atoms with Crippen LogP contribution in [0.5, 0.6) is 0 Å². The van der Waals surface area contributed by atoms with Crippen LogP contribution in [0, 0.1) is 13.8 Å². The standard InChI is InChI=1S/C8H8N2S.C2H6/c1-5-3-9-4-7-8(5)6(2)10-11-7;1-2/h3-4H,1-2H3;1-2H3. The first-order valence-corrected chi connectivity index (χ1v) is 5.23. The van der Waals surface area contributed by atoms with Crippen LogP contribution >= 0.6 is 11.5 Å². The van der Waals surface area contributed by atoms with Gasteiger partial charge in [-0.3, -0.25) is 4.98 Å². The van der Waals surface area contributed by atoms with Gasteiger partial charge in [-0.1, -0.05) is 13.8 Å². The quantitative estimate of drug-likeness (QED) is 0.643. The Balaban J connectivity index is 0.000000396. The van der Waals surface area contributed by atoms with Gasteiger partial charge in [0.25, 0.3) is 0 Å². The minimum absolute atomic E-state index is 1.12. The SMILES string of the molecule is CC.Cc1cncc2snc(C)c12. The van der Waals surface area contributed by atoms with E-state index in [2.05, 4.69) is 16.3 Å². The van der Waals surface area contributed by atoms with Gasteiger partial charge < -0.3 is 0 Å². The first-order chi connectivity index (χ1) is 6.29. The molecule has 0 saturated heterocycles. The molecule has 2 nitrogen and oxygen atoms in total. The first kappa shape index (κ1) is 10.1. The van der Waals surface area contributed by atoms with E-state index in [9.17, 15) is 0 Å². The van der Waals surface area contributed by atoms with Gasteiger partial charge in [0.05, 0.1) is 10.4 Å². The van der Waals surface area contributed by atoms with E-state index in [1.54, 1.807) is 0 Å². The molecule has 0 radical (unpaired) electrons. The van der Waals surface area contributed by atoms with E-state index in [0.717, 1.165) is 5.69 Å². The Hall–Kier alpha value is -0.960. The zero-order valence-corrected chi connectivity index (χ0v) is 9.27. The van der Waals surface area contributed by atoms with Crippen molar-refractivity contribution in [3.05, 3.63) is 23.7 Å². The number of hydrogen-bond acceptors (Lipinski definition) is 3. The Morgan fingerprint density at radius 3 is 2.46 bits per heavy atom. The average Bonchev–Trinajstić information content (AvgIpc) is 2.53. The van der Waals surface area contributed by atoms with Crippen molar-refractivity contribution in [1.82, 2.24) is 9.36 Å². The molecule has 3 heteroatoms. The summed E-state index contributed by atoms with van der Waals surface area (Å²) >= 11 is 1.52. The Morgan fingerprint density at radius 2 is 1.85 bits per heavy atom. The maximum absolute atomic E-state index is 4.26. The van der Waals surface area contributed by atoms with Crippen LogP contribution in [0.15, 0.2) is 12.4 Å². The normalized spacial score (nSPS) is 9.54. The molecule has 0 bridgehead atoms. The molecule has 0 aliphatic carbocycles. The molecule has 2 heterocycles. The maximum Gasteiger partial charge on any atom is 0.0738 e. The number of aryl methyl sites for hydroxylation is 2. The summed E-state index contributed by atoms with van der Waals surface area (Å²) in [6.07, 6.45) is 3.75. The zero-order valence-electron chi connectivity index (χ0n) is 8.46. The lowest BCUT2D eigenvalue weighted by Gasteiger charge is -1.92. The summed E-state index contributed by atoms with van der Waals surface area (Å²) < 4.78 is 5.44. The zero-order chi connectivity index (χ0) is 9.84. The third-order valence-corrected chi connectivity index (χ3v) is 2.61. The summed E-state index contributed by atoms with van der Waals surface area (Å²) in [7, 11) is 0. The van der Waals surface area contributed by atoms with Gasteiger partial charge in [-0.2, -0.15) is 4.37 Å². The van der Waals surface area contributed by atoms with Crippen molar-refractivity contribution in [2.45, 2.75) is 27.7 Å². The van der Waals surface area contributed by atoms with Crippen molar-refractivity contribution in [3.63, 3.8) is 0 Å². The van der Waals surface area contributed by atoms with Crippen LogP contribution in [0.2, 0.25) is 0 Å². The smallest absolute Gasteiger partial charge is 0.0738 e. The van der Waals surface area contributed by atoms with Gasteiger partial charge in [-0.15, -0.1) is 0 Å². The van der Waals surface area contributed by atoms with E-state index < -0.39 is 0 Å². The van der Waals surface area contributed by atoms with Crippen molar-refractivity contribution < 1.29 is 0 Å². The molecule has 0 saturated carbocycles. The fourth-order valence-corrected chi connectivity index (χ4v) is 2.07. The van der Waals surface area contributed by atoms with Crippen LogP contribution in [0.25, 0.3) is 10.1 Å². The highest BCUT2D eigenvalue weighted by Crippen LogP contribution is 2.23. The van der Waals surface area contributed by atoms with Crippen molar-refractivity contribution in [3.8, 4) is 0 Å². The highest BCUT2D eigenvalue weighted by atomic mass is 32.1. The van der Waals surface area contributed by atoms with Crippen LogP contribution in [0.3, 0.4) is 0 Å². The van der Waals surface area contributed by atoms with E-state index in [0.29, 0.717) is 0 Å². The first-order valence-electron chi connectivity index (χ1n) is 4.45. The predicted octanol–water partition coefficient (Wildman–Crippen LogP) is 3.33. The van der Waals surface area contributed by atoms with E-state index in [4.69, 9.17) is 0 Å². The van der Waals surface area contributed by atoms with Gasteiger partial charge in [-0.05, 0) is 30.9 Å². The minimum atomic E-state index is 1.12. The van der Waals surface area contributed by atoms with Gasteiger partial charge in [-0.25, -0.2) is 0 Å². The molecule has 0 unspecified atom stereocenters. The van der Waals surface area contributed by atoms with Crippen LogP contribution in [-0.4, -0.2) is 9.36 Å². The van der Waals surface area contributed by atoms with Crippen LogP contribution in [-0.2, 0) is 0 Å². The second kappa shape index (κ2) is 4.33. The molecule has 70 valence electrons. The summed E-state index contributed by atoms with van der Waals surface area (Å²) in [5.74, 6) is 0. The number of fused-ring (bicyclic) bond motifs is 1. The monoisotopic (exact) mass is 194 g/mol. The third kappa shape index (κ3) is 1.86. The molecular weight excluding hydrogens is 180 g/mol. The fraction of sp³-hybridized carbons (Fsp3) is 0.400. The third-order valence-electron chi connectivity index (χ3n) is 1.74. The predicted molar refractivity (Wildman–Crippen MR) is 58.2 cm³/mol.